The molecule has 0 heterocycles. The molecule has 2 rings (SSSR count). The number of hydrogen-bond acceptors (Lipinski definition) is 4. The van der Waals surface area contributed by atoms with Gasteiger partial charge in [0, 0.05) is 21.9 Å². The second kappa shape index (κ2) is 6.15. The second-order valence-corrected chi connectivity index (χ2v) is 5.69. The maximum absolute atomic E-state index is 11.3. The Balaban J connectivity index is 2.55. The first-order valence-electron chi connectivity index (χ1n) is 5.85. The van der Waals surface area contributed by atoms with Crippen LogP contribution in [-0.2, 0) is 0 Å². The highest BCUT2D eigenvalue weighted by atomic mass is 35.5. The molecule has 0 aliphatic carbocycles. The zero-order valence-corrected chi connectivity index (χ0v) is 12.4. The van der Waals surface area contributed by atoms with Crippen LogP contribution < -0.4 is 0 Å². The summed E-state index contributed by atoms with van der Waals surface area (Å²) in [6.07, 6.45) is 0. The van der Waals surface area contributed by atoms with E-state index in [4.69, 9.17) is 11.6 Å². The molecular weight excluding hydrogens is 314 g/mol. The number of carboxylic acid groups (broad SMARTS) is 1. The van der Waals surface area contributed by atoms with Crippen molar-refractivity contribution in [2.24, 2.45) is 0 Å². The summed E-state index contributed by atoms with van der Waals surface area (Å²) in [4.78, 5) is 22.6. The van der Waals surface area contributed by atoms with Crippen LogP contribution in [0, 0.1) is 17.0 Å². The van der Waals surface area contributed by atoms with Crippen molar-refractivity contribution in [1.82, 2.24) is 0 Å². The molecule has 0 amide bonds. The zero-order chi connectivity index (χ0) is 15.6. The van der Waals surface area contributed by atoms with Crippen molar-refractivity contribution in [2.75, 3.05) is 0 Å². The van der Waals surface area contributed by atoms with Gasteiger partial charge in [-0.05, 0) is 18.6 Å². The number of carbonyl (C=O) groups is 1. The number of nitro benzene ring substituents is 1. The Labute approximate surface area is 129 Å². The molecule has 0 unspecified atom stereocenters. The summed E-state index contributed by atoms with van der Waals surface area (Å²) in [7, 11) is 0. The fourth-order valence-electron chi connectivity index (χ4n) is 1.73. The molecule has 0 aliphatic heterocycles. The van der Waals surface area contributed by atoms with Gasteiger partial charge in [0.05, 0.1) is 15.5 Å². The fraction of sp³-hybridized carbons (Fsp3) is 0.0714. The van der Waals surface area contributed by atoms with Crippen LogP contribution in [0.25, 0.3) is 0 Å². The molecule has 1 N–H and O–H groups in total. The normalized spacial score (nSPS) is 10.4. The Morgan fingerprint density at radius 2 is 2.00 bits per heavy atom. The molecule has 108 valence electrons. The van der Waals surface area contributed by atoms with Gasteiger partial charge in [0.15, 0.2) is 0 Å². The minimum atomic E-state index is -1.25. The van der Waals surface area contributed by atoms with Gasteiger partial charge in [0.25, 0.3) is 5.69 Å². The minimum Gasteiger partial charge on any atom is -0.478 e. The molecule has 5 nitrogen and oxygen atoms in total. The lowest BCUT2D eigenvalue weighted by Crippen LogP contribution is -2.01. The third kappa shape index (κ3) is 3.34. The van der Waals surface area contributed by atoms with Crippen LogP contribution in [0.5, 0.6) is 0 Å². The number of nitro groups is 1. The van der Waals surface area contributed by atoms with Crippen LogP contribution in [0.1, 0.15) is 15.9 Å². The minimum absolute atomic E-state index is 0.0508. The van der Waals surface area contributed by atoms with Crippen LogP contribution in [0.2, 0.25) is 5.02 Å². The van der Waals surface area contributed by atoms with E-state index in [1.807, 2.05) is 31.2 Å². The lowest BCUT2D eigenvalue weighted by molar-refractivity contribution is -0.384. The summed E-state index contributed by atoms with van der Waals surface area (Å²) >= 11 is 7.22. The van der Waals surface area contributed by atoms with Crippen molar-refractivity contribution in [2.45, 2.75) is 16.7 Å². The van der Waals surface area contributed by atoms with Gasteiger partial charge in [-0.1, -0.05) is 41.6 Å². The Hall–Kier alpha value is -2.05. The Kier molecular flexibility index (Phi) is 4.50. The van der Waals surface area contributed by atoms with Gasteiger partial charge in [0.2, 0.25) is 0 Å². The molecule has 0 fully saturated rings. The van der Waals surface area contributed by atoms with E-state index < -0.39 is 10.9 Å². The quantitative estimate of drug-likeness (QED) is 0.666. The topological polar surface area (TPSA) is 80.4 Å². The number of hydrogen-bond donors (Lipinski definition) is 1. The molecule has 2 aromatic rings. The number of halogens is 1. The highest BCUT2D eigenvalue weighted by molar-refractivity contribution is 7.99. The summed E-state index contributed by atoms with van der Waals surface area (Å²) < 4.78 is 0. The monoisotopic (exact) mass is 323 g/mol. The van der Waals surface area contributed by atoms with Crippen LogP contribution >= 0.6 is 23.4 Å². The first-order valence-corrected chi connectivity index (χ1v) is 7.04. The number of aromatic carboxylic acids is 1. The highest BCUT2D eigenvalue weighted by Crippen LogP contribution is 2.39. The molecular formula is C14H10ClNO4S. The number of non-ortho nitro benzene ring substituents is 1. The van der Waals surface area contributed by atoms with Crippen molar-refractivity contribution < 1.29 is 14.8 Å². The third-order valence-corrected chi connectivity index (χ3v) is 4.51. The first kappa shape index (κ1) is 15.3. The predicted octanol–water partition coefficient (Wildman–Crippen LogP) is 4.41. The first-order chi connectivity index (χ1) is 9.90. The van der Waals surface area contributed by atoms with Gasteiger partial charge < -0.3 is 5.11 Å². The van der Waals surface area contributed by atoms with Gasteiger partial charge in [0.1, 0.15) is 0 Å². The molecule has 2 aromatic carbocycles. The van der Waals surface area contributed by atoms with E-state index in [-0.39, 0.29) is 16.3 Å². The summed E-state index contributed by atoms with van der Waals surface area (Å²) in [5, 5.41) is 20.1. The number of rotatable bonds is 4. The summed E-state index contributed by atoms with van der Waals surface area (Å²) in [5.41, 5.74) is 0.447. The highest BCUT2D eigenvalue weighted by Gasteiger charge is 2.21. The number of aryl methyl sites for hydroxylation is 1. The van der Waals surface area contributed by atoms with Crippen molar-refractivity contribution in [1.29, 1.82) is 0 Å². The number of benzene rings is 2. The van der Waals surface area contributed by atoms with Crippen LogP contribution in [0.4, 0.5) is 5.69 Å². The van der Waals surface area contributed by atoms with Crippen molar-refractivity contribution in [3.05, 3.63) is 62.7 Å². The summed E-state index contributed by atoms with van der Waals surface area (Å²) in [6.45, 7) is 1.89. The lowest BCUT2D eigenvalue weighted by Gasteiger charge is -2.10. The van der Waals surface area contributed by atoms with E-state index in [9.17, 15) is 20.0 Å². The molecule has 0 bridgehead atoms. The standard InChI is InChI=1S/C14H10ClNO4S/c1-8-4-2-3-5-12(8)21-13-10(14(17)18)6-9(16(19)20)7-11(13)15/h2-7H,1H3,(H,17,18). The largest absolute Gasteiger partial charge is 0.478 e. The Bertz CT molecular complexity index is 733. The molecule has 21 heavy (non-hydrogen) atoms. The smallest absolute Gasteiger partial charge is 0.337 e. The van der Waals surface area contributed by atoms with E-state index in [0.29, 0.717) is 4.90 Å². The van der Waals surface area contributed by atoms with E-state index >= 15 is 0 Å². The zero-order valence-electron chi connectivity index (χ0n) is 10.9. The number of carboxylic acids is 1. The maximum atomic E-state index is 11.3. The van der Waals surface area contributed by atoms with E-state index in [1.165, 1.54) is 11.8 Å². The van der Waals surface area contributed by atoms with Crippen LogP contribution in [-0.4, -0.2) is 16.0 Å². The molecule has 0 radical (unpaired) electrons. The average molecular weight is 324 g/mol. The molecule has 0 aliphatic rings. The van der Waals surface area contributed by atoms with Crippen LogP contribution in [0.15, 0.2) is 46.2 Å². The third-order valence-electron chi connectivity index (χ3n) is 2.78. The van der Waals surface area contributed by atoms with Gasteiger partial charge in [-0.15, -0.1) is 0 Å². The van der Waals surface area contributed by atoms with Crippen LogP contribution in [0.3, 0.4) is 0 Å². The van der Waals surface area contributed by atoms with Gasteiger partial charge >= 0.3 is 5.97 Å². The van der Waals surface area contributed by atoms with Crippen molar-refractivity contribution in [3.63, 3.8) is 0 Å². The van der Waals surface area contributed by atoms with E-state index in [0.717, 1.165) is 22.6 Å². The van der Waals surface area contributed by atoms with Gasteiger partial charge in [-0.3, -0.25) is 10.1 Å². The Morgan fingerprint density at radius 3 is 2.57 bits per heavy atom. The van der Waals surface area contributed by atoms with Crippen molar-refractivity contribution >= 4 is 35.0 Å². The summed E-state index contributed by atoms with van der Waals surface area (Å²) in [5.74, 6) is -1.25. The lowest BCUT2D eigenvalue weighted by atomic mass is 10.2. The predicted molar refractivity (Wildman–Crippen MR) is 80.4 cm³/mol. The van der Waals surface area contributed by atoms with Crippen molar-refractivity contribution in [3.8, 4) is 0 Å². The fourth-order valence-corrected chi connectivity index (χ4v) is 3.07. The molecule has 0 saturated carbocycles. The molecule has 0 saturated heterocycles. The molecule has 7 heteroatoms. The van der Waals surface area contributed by atoms with E-state index in [1.54, 1.807) is 0 Å². The molecule has 0 spiro atoms. The van der Waals surface area contributed by atoms with Gasteiger partial charge in [-0.2, -0.15) is 0 Å². The Morgan fingerprint density at radius 1 is 1.33 bits per heavy atom. The van der Waals surface area contributed by atoms with Gasteiger partial charge in [-0.25, -0.2) is 4.79 Å². The number of nitrogens with zero attached hydrogens (tertiary/aromatic N) is 1. The molecule has 0 aromatic heterocycles. The van der Waals surface area contributed by atoms with E-state index in [2.05, 4.69) is 0 Å². The second-order valence-electron chi connectivity index (χ2n) is 4.23. The average Bonchev–Trinajstić information content (AvgIpc) is 2.42. The summed E-state index contributed by atoms with van der Waals surface area (Å²) in [6, 6.07) is 9.61. The molecule has 0 atom stereocenters. The maximum Gasteiger partial charge on any atom is 0.337 e. The SMILES string of the molecule is Cc1ccccc1Sc1c(Cl)cc([N+](=O)[O-])cc1C(=O)O.